The van der Waals surface area contributed by atoms with Gasteiger partial charge in [-0.3, -0.25) is 4.79 Å². The molecular formula is C22H25BrClNO4S. The Labute approximate surface area is 194 Å². The molecule has 0 radical (unpaired) electrons. The molecule has 5 nitrogen and oxygen atoms in total. The molecule has 0 bridgehead atoms. The first-order valence-corrected chi connectivity index (χ1v) is 11.7. The number of anilines is 1. The minimum Gasteiger partial charge on any atom is -0.483 e. The van der Waals surface area contributed by atoms with Crippen LogP contribution in [0.25, 0.3) is 0 Å². The molecule has 1 unspecified atom stereocenters. The lowest BCUT2D eigenvalue weighted by molar-refractivity contribution is -0.118. The third kappa shape index (κ3) is 5.18. The van der Waals surface area contributed by atoms with Crippen molar-refractivity contribution >= 4 is 55.7 Å². The van der Waals surface area contributed by atoms with Gasteiger partial charge in [0.1, 0.15) is 10.8 Å². The zero-order valence-corrected chi connectivity index (χ0v) is 20.6. The van der Waals surface area contributed by atoms with E-state index in [9.17, 15) is 9.59 Å². The van der Waals surface area contributed by atoms with E-state index < -0.39 is 5.97 Å². The van der Waals surface area contributed by atoms with Gasteiger partial charge >= 0.3 is 5.97 Å². The van der Waals surface area contributed by atoms with Crippen molar-refractivity contribution in [2.24, 2.45) is 11.3 Å². The average molecular weight is 515 g/mol. The van der Waals surface area contributed by atoms with E-state index in [2.05, 4.69) is 42.0 Å². The summed E-state index contributed by atoms with van der Waals surface area (Å²) in [5.41, 5.74) is 1.67. The lowest BCUT2D eigenvalue weighted by Crippen LogP contribution is -2.26. The van der Waals surface area contributed by atoms with Crippen molar-refractivity contribution in [2.75, 3.05) is 19.0 Å². The van der Waals surface area contributed by atoms with Crippen LogP contribution in [-0.4, -0.2) is 25.6 Å². The highest BCUT2D eigenvalue weighted by atomic mass is 79.9. The number of amides is 1. The van der Waals surface area contributed by atoms with Gasteiger partial charge in [0.15, 0.2) is 6.61 Å². The number of nitrogens with one attached hydrogen (secondary N) is 1. The average Bonchev–Trinajstić information content (AvgIpc) is 3.02. The SMILES string of the molecule is COC(=O)c1c(NC(=O)COc2ccc(Cl)cc2Br)sc2c1CCC(C(C)(C)C)C2. The van der Waals surface area contributed by atoms with Crippen LogP contribution in [0.3, 0.4) is 0 Å². The van der Waals surface area contributed by atoms with Crippen LogP contribution in [0.5, 0.6) is 5.75 Å². The maximum Gasteiger partial charge on any atom is 0.341 e. The van der Waals surface area contributed by atoms with Crippen LogP contribution in [0, 0.1) is 11.3 Å². The van der Waals surface area contributed by atoms with Crippen LogP contribution in [0.4, 0.5) is 5.00 Å². The fourth-order valence-electron chi connectivity index (χ4n) is 3.63. The predicted molar refractivity (Wildman–Crippen MR) is 124 cm³/mol. The molecule has 0 saturated heterocycles. The smallest absolute Gasteiger partial charge is 0.341 e. The third-order valence-corrected chi connectivity index (χ3v) is 7.41. The number of hydrogen-bond donors (Lipinski definition) is 1. The molecule has 0 aliphatic heterocycles. The van der Waals surface area contributed by atoms with E-state index in [1.54, 1.807) is 18.2 Å². The van der Waals surface area contributed by atoms with Crippen molar-refractivity contribution in [1.29, 1.82) is 0 Å². The van der Waals surface area contributed by atoms with Gasteiger partial charge in [0, 0.05) is 9.90 Å². The first-order chi connectivity index (χ1) is 14.1. The molecule has 0 saturated carbocycles. The van der Waals surface area contributed by atoms with E-state index in [1.165, 1.54) is 18.4 Å². The van der Waals surface area contributed by atoms with Crippen LogP contribution in [0.15, 0.2) is 22.7 Å². The Morgan fingerprint density at radius 2 is 2.07 bits per heavy atom. The molecule has 1 aromatic carbocycles. The van der Waals surface area contributed by atoms with Crippen LogP contribution < -0.4 is 10.1 Å². The van der Waals surface area contributed by atoms with Crippen LogP contribution in [0.1, 0.15) is 48.0 Å². The first-order valence-electron chi connectivity index (χ1n) is 9.70. The Balaban J connectivity index is 1.77. The number of hydrogen-bond acceptors (Lipinski definition) is 5. The van der Waals surface area contributed by atoms with Crippen LogP contribution in [0.2, 0.25) is 5.02 Å². The molecule has 162 valence electrons. The van der Waals surface area contributed by atoms with Gasteiger partial charge in [-0.1, -0.05) is 32.4 Å². The number of rotatable bonds is 5. The molecule has 1 amide bonds. The Morgan fingerprint density at radius 1 is 1.33 bits per heavy atom. The second kappa shape index (κ2) is 9.28. The molecule has 1 aliphatic carbocycles. The highest BCUT2D eigenvalue weighted by Crippen LogP contribution is 2.44. The number of carbonyl (C=O) groups is 2. The number of esters is 1. The van der Waals surface area contributed by atoms with Crippen molar-refractivity contribution in [3.63, 3.8) is 0 Å². The summed E-state index contributed by atoms with van der Waals surface area (Å²) in [5.74, 6) is 0.288. The maximum atomic E-state index is 12.5. The molecule has 1 atom stereocenters. The van der Waals surface area contributed by atoms with Gasteiger partial charge in [-0.2, -0.15) is 0 Å². The molecule has 1 heterocycles. The van der Waals surface area contributed by atoms with Gasteiger partial charge in [-0.05, 0) is 70.3 Å². The summed E-state index contributed by atoms with van der Waals surface area (Å²) in [6.45, 7) is 6.54. The van der Waals surface area contributed by atoms with E-state index in [4.69, 9.17) is 21.1 Å². The molecule has 2 aromatic rings. The molecule has 0 spiro atoms. The summed E-state index contributed by atoms with van der Waals surface area (Å²) in [6.07, 6.45) is 2.72. The van der Waals surface area contributed by atoms with Crippen molar-refractivity contribution < 1.29 is 19.1 Å². The zero-order valence-electron chi connectivity index (χ0n) is 17.4. The minimum atomic E-state index is -0.418. The lowest BCUT2D eigenvalue weighted by Gasteiger charge is -2.33. The normalized spacial score (nSPS) is 16.0. The van der Waals surface area contributed by atoms with Gasteiger partial charge in [-0.25, -0.2) is 4.79 Å². The van der Waals surface area contributed by atoms with Crippen molar-refractivity contribution in [2.45, 2.75) is 40.0 Å². The second-order valence-corrected chi connectivity index (χ2v) is 10.8. The predicted octanol–water partition coefficient (Wildman–Crippen LogP) is 6.12. The molecule has 1 aliphatic rings. The number of methoxy groups -OCH3 is 1. The van der Waals surface area contributed by atoms with Crippen LogP contribution >= 0.6 is 38.9 Å². The molecule has 1 aromatic heterocycles. The van der Waals surface area contributed by atoms with E-state index in [1.807, 2.05) is 0 Å². The first kappa shape index (κ1) is 23.1. The number of benzene rings is 1. The van der Waals surface area contributed by atoms with E-state index in [0.717, 1.165) is 29.7 Å². The molecule has 30 heavy (non-hydrogen) atoms. The summed E-state index contributed by atoms with van der Waals surface area (Å²) >= 11 is 10.8. The largest absolute Gasteiger partial charge is 0.483 e. The summed E-state index contributed by atoms with van der Waals surface area (Å²) < 4.78 is 11.3. The second-order valence-electron chi connectivity index (χ2n) is 8.42. The quantitative estimate of drug-likeness (QED) is 0.488. The van der Waals surface area contributed by atoms with Crippen molar-refractivity contribution in [3.05, 3.63) is 43.7 Å². The van der Waals surface area contributed by atoms with Crippen LogP contribution in [-0.2, 0) is 22.4 Å². The Morgan fingerprint density at radius 3 is 2.70 bits per heavy atom. The van der Waals surface area contributed by atoms with Gasteiger partial charge in [0.25, 0.3) is 5.91 Å². The zero-order chi connectivity index (χ0) is 22.1. The minimum absolute atomic E-state index is 0.186. The Kier molecular flexibility index (Phi) is 7.15. The summed E-state index contributed by atoms with van der Waals surface area (Å²) in [7, 11) is 1.36. The van der Waals surface area contributed by atoms with Gasteiger partial charge in [0.05, 0.1) is 17.1 Å². The monoisotopic (exact) mass is 513 g/mol. The number of carbonyl (C=O) groups excluding carboxylic acids is 2. The molecule has 8 heteroatoms. The number of thiophene rings is 1. The van der Waals surface area contributed by atoms with E-state index in [-0.39, 0.29) is 17.9 Å². The van der Waals surface area contributed by atoms with Crippen molar-refractivity contribution in [1.82, 2.24) is 0 Å². The highest BCUT2D eigenvalue weighted by molar-refractivity contribution is 9.10. The molecular weight excluding hydrogens is 490 g/mol. The lowest BCUT2D eigenvalue weighted by atomic mass is 9.72. The molecule has 0 fully saturated rings. The van der Waals surface area contributed by atoms with Crippen molar-refractivity contribution in [3.8, 4) is 5.75 Å². The van der Waals surface area contributed by atoms with E-state index >= 15 is 0 Å². The molecule has 1 N–H and O–H groups in total. The highest BCUT2D eigenvalue weighted by Gasteiger charge is 2.34. The van der Waals surface area contributed by atoms with E-state index in [0.29, 0.717) is 31.7 Å². The summed E-state index contributed by atoms with van der Waals surface area (Å²) in [6, 6.07) is 5.08. The van der Waals surface area contributed by atoms with Gasteiger partial charge in [-0.15, -0.1) is 11.3 Å². The standard InChI is InChI=1S/C22H25BrClNO4S/c1-22(2,3)12-5-7-14-17(9-12)30-20(19(14)21(27)28-4)25-18(26)11-29-16-8-6-13(24)10-15(16)23/h6,8,10,12H,5,7,9,11H2,1-4H3,(H,25,26). The fourth-order valence-corrected chi connectivity index (χ4v) is 5.76. The van der Waals surface area contributed by atoms with Gasteiger partial charge < -0.3 is 14.8 Å². The maximum absolute atomic E-state index is 12.5. The Bertz CT molecular complexity index is 967. The summed E-state index contributed by atoms with van der Waals surface area (Å²) in [5, 5.41) is 3.95. The topological polar surface area (TPSA) is 64.6 Å². The number of fused-ring (bicyclic) bond motifs is 1. The van der Waals surface area contributed by atoms with Gasteiger partial charge in [0.2, 0.25) is 0 Å². The number of ether oxygens (including phenoxy) is 2. The summed E-state index contributed by atoms with van der Waals surface area (Å²) in [4.78, 5) is 26.2. The number of halogens is 2. The Hall–Kier alpha value is -1.57. The fraction of sp³-hybridized carbons (Fsp3) is 0.455. The molecule has 3 rings (SSSR count). The third-order valence-electron chi connectivity index (χ3n) is 5.39.